The molecule has 1 aliphatic rings. The van der Waals surface area contributed by atoms with Crippen LogP contribution in [0.3, 0.4) is 0 Å². The van der Waals surface area contributed by atoms with E-state index in [0.29, 0.717) is 0 Å². The van der Waals surface area contributed by atoms with Gasteiger partial charge in [0.25, 0.3) is 0 Å². The Kier molecular flexibility index (Phi) is 3.03. The fourth-order valence-corrected chi connectivity index (χ4v) is 2.61. The second-order valence-corrected chi connectivity index (χ2v) is 4.68. The summed E-state index contributed by atoms with van der Waals surface area (Å²) in [6, 6.07) is 0. The third-order valence-electron chi connectivity index (χ3n) is 2.58. The number of nitrogens with zero attached hydrogens (tertiary/aromatic N) is 2. The lowest BCUT2D eigenvalue weighted by atomic mass is 10.2. The minimum atomic E-state index is -0.110. The summed E-state index contributed by atoms with van der Waals surface area (Å²) in [6.07, 6.45) is 2.76. The van der Waals surface area contributed by atoms with Gasteiger partial charge in [0.15, 0.2) is 5.13 Å². The zero-order chi connectivity index (χ0) is 9.97. The fraction of sp³-hybridized carbons (Fsp3) is 0.700. The van der Waals surface area contributed by atoms with Gasteiger partial charge in [0, 0.05) is 18.5 Å². The first-order valence-electron chi connectivity index (χ1n) is 5.11. The third-order valence-corrected chi connectivity index (χ3v) is 3.59. The molecule has 0 amide bonds. The average molecular weight is 212 g/mol. The number of aliphatic hydroxyl groups is 1. The Morgan fingerprint density at radius 2 is 2.36 bits per heavy atom. The van der Waals surface area contributed by atoms with Crippen molar-refractivity contribution in [2.45, 2.75) is 32.3 Å². The lowest BCUT2D eigenvalue weighted by molar-refractivity contribution is 0.161. The first-order chi connectivity index (χ1) is 6.75. The number of rotatable bonds is 1. The quantitative estimate of drug-likeness (QED) is 0.771. The van der Waals surface area contributed by atoms with Crippen LogP contribution < -0.4 is 4.90 Å². The molecule has 1 fully saturated rings. The normalized spacial score (nSPS) is 23.6. The first-order valence-corrected chi connectivity index (χ1v) is 5.99. The van der Waals surface area contributed by atoms with Crippen LogP contribution in [-0.2, 0) is 0 Å². The molecule has 0 aromatic carbocycles. The molecule has 14 heavy (non-hydrogen) atoms. The number of aromatic nitrogens is 1. The largest absolute Gasteiger partial charge is 0.393 e. The van der Waals surface area contributed by atoms with Gasteiger partial charge >= 0.3 is 0 Å². The highest BCUT2D eigenvalue weighted by Crippen LogP contribution is 2.23. The Balaban J connectivity index is 2.04. The van der Waals surface area contributed by atoms with Gasteiger partial charge in [0.1, 0.15) is 0 Å². The monoisotopic (exact) mass is 212 g/mol. The van der Waals surface area contributed by atoms with Gasteiger partial charge in [-0.1, -0.05) is 0 Å². The van der Waals surface area contributed by atoms with E-state index in [9.17, 15) is 5.11 Å². The van der Waals surface area contributed by atoms with Crippen molar-refractivity contribution in [3.8, 4) is 0 Å². The van der Waals surface area contributed by atoms with Crippen LogP contribution in [0.1, 0.15) is 25.0 Å². The number of anilines is 1. The summed E-state index contributed by atoms with van der Waals surface area (Å²) < 4.78 is 0. The van der Waals surface area contributed by atoms with Crippen LogP contribution in [0.4, 0.5) is 5.13 Å². The maximum atomic E-state index is 9.52. The van der Waals surface area contributed by atoms with Crippen LogP contribution in [0.2, 0.25) is 0 Å². The zero-order valence-electron chi connectivity index (χ0n) is 8.44. The van der Waals surface area contributed by atoms with Crippen LogP contribution in [0.5, 0.6) is 0 Å². The van der Waals surface area contributed by atoms with E-state index in [4.69, 9.17) is 0 Å². The van der Waals surface area contributed by atoms with Gasteiger partial charge in [-0.25, -0.2) is 4.98 Å². The highest BCUT2D eigenvalue weighted by Gasteiger charge is 2.16. The maximum absolute atomic E-state index is 9.52. The fourth-order valence-electron chi connectivity index (χ4n) is 1.76. The number of aryl methyl sites for hydroxylation is 1. The molecule has 1 aromatic rings. The Labute approximate surface area is 88.4 Å². The summed E-state index contributed by atoms with van der Waals surface area (Å²) in [5.41, 5.74) is 1.09. The lowest BCUT2D eigenvalue weighted by Crippen LogP contribution is -2.24. The van der Waals surface area contributed by atoms with Crippen molar-refractivity contribution in [2.24, 2.45) is 0 Å². The first kappa shape index (κ1) is 9.93. The van der Waals surface area contributed by atoms with Crippen LogP contribution >= 0.6 is 11.3 Å². The van der Waals surface area contributed by atoms with Crippen molar-refractivity contribution >= 4 is 16.5 Å². The highest BCUT2D eigenvalue weighted by molar-refractivity contribution is 7.13. The van der Waals surface area contributed by atoms with Crippen molar-refractivity contribution in [1.29, 1.82) is 0 Å². The molecule has 3 nitrogen and oxygen atoms in total. The smallest absolute Gasteiger partial charge is 0.185 e. The Morgan fingerprint density at radius 1 is 1.50 bits per heavy atom. The minimum absolute atomic E-state index is 0.110. The standard InChI is InChI=1S/C10H16N2OS/c1-8-7-14-10(11-8)12-5-2-3-9(13)4-6-12/h7,9,13H,2-6H2,1H3. The number of thiazole rings is 1. The molecule has 0 aliphatic carbocycles. The van der Waals surface area contributed by atoms with Crippen molar-refractivity contribution in [3.63, 3.8) is 0 Å². The van der Waals surface area contributed by atoms with Crippen molar-refractivity contribution < 1.29 is 5.11 Å². The van der Waals surface area contributed by atoms with E-state index in [1.54, 1.807) is 11.3 Å². The SMILES string of the molecule is Cc1csc(N2CCCC(O)CC2)n1. The third kappa shape index (κ3) is 2.25. The van der Waals surface area contributed by atoms with Crippen LogP contribution in [0.25, 0.3) is 0 Å². The molecule has 1 saturated heterocycles. The average Bonchev–Trinajstić information content (AvgIpc) is 2.46. The minimum Gasteiger partial charge on any atom is -0.393 e. The van der Waals surface area contributed by atoms with Gasteiger partial charge in [-0.05, 0) is 26.2 Å². The van der Waals surface area contributed by atoms with Crippen molar-refractivity contribution in [2.75, 3.05) is 18.0 Å². The van der Waals surface area contributed by atoms with Crippen LogP contribution in [-0.4, -0.2) is 29.3 Å². The molecule has 0 spiro atoms. The van der Waals surface area contributed by atoms with Gasteiger partial charge in [0.2, 0.25) is 0 Å². The van der Waals surface area contributed by atoms with E-state index in [-0.39, 0.29) is 6.10 Å². The van der Waals surface area contributed by atoms with Gasteiger partial charge in [-0.15, -0.1) is 11.3 Å². The summed E-state index contributed by atoms with van der Waals surface area (Å²) in [4.78, 5) is 6.75. The molecule has 2 heterocycles. The number of aliphatic hydroxyl groups excluding tert-OH is 1. The van der Waals surface area contributed by atoms with E-state index < -0.39 is 0 Å². The van der Waals surface area contributed by atoms with E-state index in [0.717, 1.165) is 43.2 Å². The molecule has 0 radical (unpaired) electrons. The molecule has 1 atom stereocenters. The number of hydrogen-bond acceptors (Lipinski definition) is 4. The summed E-state index contributed by atoms with van der Waals surface area (Å²) in [5.74, 6) is 0. The summed E-state index contributed by atoms with van der Waals surface area (Å²) in [7, 11) is 0. The molecule has 1 aromatic heterocycles. The van der Waals surface area contributed by atoms with E-state index in [1.807, 2.05) is 6.92 Å². The Bertz CT molecular complexity index is 300. The molecule has 1 N–H and O–H groups in total. The molecular formula is C10H16N2OS. The predicted molar refractivity (Wildman–Crippen MR) is 58.9 cm³/mol. The Morgan fingerprint density at radius 3 is 3.07 bits per heavy atom. The molecule has 2 rings (SSSR count). The highest BCUT2D eigenvalue weighted by atomic mass is 32.1. The summed E-state index contributed by atoms with van der Waals surface area (Å²) in [6.45, 7) is 3.99. The molecule has 78 valence electrons. The molecule has 0 bridgehead atoms. The van der Waals surface area contributed by atoms with Crippen LogP contribution in [0.15, 0.2) is 5.38 Å². The maximum Gasteiger partial charge on any atom is 0.185 e. The van der Waals surface area contributed by atoms with Crippen molar-refractivity contribution in [3.05, 3.63) is 11.1 Å². The molecule has 0 saturated carbocycles. The lowest BCUT2D eigenvalue weighted by Gasteiger charge is -2.18. The van der Waals surface area contributed by atoms with Gasteiger partial charge in [-0.2, -0.15) is 0 Å². The molecule has 1 aliphatic heterocycles. The van der Waals surface area contributed by atoms with E-state index in [1.165, 1.54) is 0 Å². The Hall–Kier alpha value is -0.610. The van der Waals surface area contributed by atoms with Crippen LogP contribution in [0, 0.1) is 6.92 Å². The predicted octanol–water partition coefficient (Wildman–Crippen LogP) is 1.80. The summed E-state index contributed by atoms with van der Waals surface area (Å²) >= 11 is 1.70. The molecular weight excluding hydrogens is 196 g/mol. The second-order valence-electron chi connectivity index (χ2n) is 3.84. The van der Waals surface area contributed by atoms with E-state index in [2.05, 4.69) is 15.3 Å². The van der Waals surface area contributed by atoms with E-state index >= 15 is 0 Å². The zero-order valence-corrected chi connectivity index (χ0v) is 9.26. The van der Waals surface area contributed by atoms with Gasteiger partial charge < -0.3 is 10.0 Å². The van der Waals surface area contributed by atoms with Gasteiger partial charge in [-0.3, -0.25) is 0 Å². The number of hydrogen-bond donors (Lipinski definition) is 1. The molecule has 4 heteroatoms. The summed E-state index contributed by atoms with van der Waals surface area (Å²) in [5, 5.41) is 12.7. The van der Waals surface area contributed by atoms with Crippen molar-refractivity contribution in [1.82, 2.24) is 4.98 Å². The second kappa shape index (κ2) is 4.28. The topological polar surface area (TPSA) is 36.4 Å². The van der Waals surface area contributed by atoms with Gasteiger partial charge in [0.05, 0.1) is 11.8 Å². The molecule has 1 unspecified atom stereocenters.